The monoisotopic (exact) mass is 721 g/mol. The van der Waals surface area contributed by atoms with Crippen molar-refractivity contribution in [3.05, 3.63) is 143 Å². The Morgan fingerprint density at radius 2 is 1.38 bits per heavy atom. The van der Waals surface area contributed by atoms with E-state index in [1.807, 2.05) is 122 Å². The van der Waals surface area contributed by atoms with Crippen LogP contribution in [0.5, 0.6) is 28.7 Å². The maximum absolute atomic E-state index is 13.8. The Kier molecular flexibility index (Phi) is 11.9. The summed E-state index contributed by atoms with van der Waals surface area (Å²) in [5, 5.41) is 3.02. The number of hydrogen-bond donors (Lipinski definition) is 1. The standard InChI is InChI=1S/C41H40NO9P/c1-29(41(43)42-36-23-31(18-21-37(36)45-2)14-15-34-24-38(46-3)40-39(25-34)47-28-48-40)22-30-16-19-35(20-17-30)51-52(44,49-26-32-10-6-4-7-11-32)50-27-33-12-8-5-9-13-33/h4-21,23-25,29H,22,26-28H2,1-3H3,(H,42,43). The van der Waals surface area contributed by atoms with Gasteiger partial charge in [0.2, 0.25) is 18.4 Å². The fourth-order valence-corrected chi connectivity index (χ4v) is 6.60. The molecule has 0 spiro atoms. The van der Waals surface area contributed by atoms with Crippen LogP contribution < -0.4 is 28.8 Å². The van der Waals surface area contributed by atoms with Crippen LogP contribution in [-0.4, -0.2) is 26.9 Å². The molecule has 52 heavy (non-hydrogen) atoms. The van der Waals surface area contributed by atoms with Gasteiger partial charge in [0.15, 0.2) is 11.5 Å². The number of nitrogens with one attached hydrogen (secondary N) is 1. The summed E-state index contributed by atoms with van der Waals surface area (Å²) in [7, 11) is -0.864. The average Bonchev–Trinajstić information content (AvgIpc) is 3.66. The molecule has 0 saturated carbocycles. The van der Waals surface area contributed by atoms with Gasteiger partial charge in [0.25, 0.3) is 0 Å². The predicted octanol–water partition coefficient (Wildman–Crippen LogP) is 9.34. The van der Waals surface area contributed by atoms with Crippen molar-refractivity contribution in [2.75, 3.05) is 26.3 Å². The summed E-state index contributed by atoms with van der Waals surface area (Å²) < 4.78 is 53.1. The number of methoxy groups -OCH3 is 2. The Balaban J connectivity index is 1.08. The molecule has 0 aliphatic carbocycles. The summed E-state index contributed by atoms with van der Waals surface area (Å²) in [5.74, 6) is 2.11. The number of carbonyl (C=O) groups excluding carboxylic acids is 1. The number of anilines is 1. The lowest BCUT2D eigenvalue weighted by molar-refractivity contribution is -0.119. The number of carbonyl (C=O) groups is 1. The van der Waals surface area contributed by atoms with Gasteiger partial charge in [-0.15, -0.1) is 0 Å². The average molecular weight is 722 g/mol. The number of hydrogen-bond acceptors (Lipinski definition) is 9. The van der Waals surface area contributed by atoms with Gasteiger partial charge in [-0.25, -0.2) is 4.57 Å². The van der Waals surface area contributed by atoms with Gasteiger partial charge >= 0.3 is 7.82 Å². The summed E-state index contributed by atoms with van der Waals surface area (Å²) in [5.41, 5.74) is 4.84. The molecule has 1 aliphatic heterocycles. The third-order valence-electron chi connectivity index (χ3n) is 8.22. The lowest BCUT2D eigenvalue weighted by Crippen LogP contribution is -2.22. The Bertz CT molecular complexity index is 1990. The Labute approximate surface area is 303 Å². The van der Waals surface area contributed by atoms with E-state index in [4.69, 9.17) is 32.5 Å². The van der Waals surface area contributed by atoms with Gasteiger partial charge in [-0.2, -0.15) is 0 Å². The van der Waals surface area contributed by atoms with Gasteiger partial charge in [-0.05, 0) is 70.6 Å². The minimum Gasteiger partial charge on any atom is -0.495 e. The van der Waals surface area contributed by atoms with E-state index in [2.05, 4.69) is 5.32 Å². The first kappa shape index (κ1) is 36.3. The zero-order valence-corrected chi connectivity index (χ0v) is 30.0. The van der Waals surface area contributed by atoms with Gasteiger partial charge in [0, 0.05) is 5.92 Å². The van der Waals surface area contributed by atoms with E-state index in [0.29, 0.717) is 40.9 Å². The minimum atomic E-state index is -4.01. The number of amides is 1. The number of phosphoric ester groups is 1. The van der Waals surface area contributed by atoms with Crippen molar-refractivity contribution in [2.45, 2.75) is 26.6 Å². The van der Waals surface area contributed by atoms with Gasteiger partial charge in [-0.1, -0.05) is 97.9 Å². The van der Waals surface area contributed by atoms with E-state index >= 15 is 0 Å². The first-order chi connectivity index (χ1) is 25.3. The molecule has 1 unspecified atom stereocenters. The molecule has 1 aliphatic rings. The zero-order valence-electron chi connectivity index (χ0n) is 29.2. The largest absolute Gasteiger partial charge is 0.530 e. The Morgan fingerprint density at radius 1 is 0.750 bits per heavy atom. The molecule has 0 saturated heterocycles. The summed E-state index contributed by atoms with van der Waals surface area (Å²) in [4.78, 5) is 13.4. The van der Waals surface area contributed by atoms with Crippen molar-refractivity contribution < 1.29 is 41.9 Å². The van der Waals surface area contributed by atoms with Gasteiger partial charge < -0.3 is 28.8 Å². The summed E-state index contributed by atoms with van der Waals surface area (Å²) in [6, 6.07) is 35.2. The van der Waals surface area contributed by atoms with Crippen LogP contribution >= 0.6 is 7.82 Å². The number of ether oxygens (including phenoxy) is 4. The maximum atomic E-state index is 13.8. The maximum Gasteiger partial charge on any atom is 0.530 e. The normalized spacial score (nSPS) is 12.8. The van der Waals surface area contributed by atoms with Crippen molar-refractivity contribution >= 4 is 31.6 Å². The van der Waals surface area contributed by atoms with Crippen LogP contribution in [0, 0.1) is 5.92 Å². The minimum absolute atomic E-state index is 0.0523. The molecule has 1 atom stereocenters. The molecule has 0 radical (unpaired) electrons. The number of fused-ring (bicyclic) bond motifs is 1. The second-order valence-corrected chi connectivity index (χ2v) is 13.6. The van der Waals surface area contributed by atoms with Crippen molar-refractivity contribution in [2.24, 2.45) is 5.92 Å². The highest BCUT2D eigenvalue weighted by Gasteiger charge is 2.29. The van der Waals surface area contributed by atoms with Crippen LogP contribution in [-0.2, 0) is 38.0 Å². The SMILES string of the molecule is COc1ccc(C=Cc2cc(OC)c3c(c2)OCO3)cc1NC(=O)C(C)Cc1ccc(OP(=O)(OCc2ccccc2)OCc2ccccc2)cc1. The van der Waals surface area contributed by atoms with Gasteiger partial charge in [0.1, 0.15) is 11.5 Å². The third-order valence-corrected chi connectivity index (χ3v) is 9.55. The lowest BCUT2D eigenvalue weighted by atomic mass is 10.00. The molecular weight excluding hydrogens is 681 g/mol. The van der Waals surface area contributed by atoms with Gasteiger partial charge in [-0.3, -0.25) is 13.8 Å². The molecule has 1 heterocycles. The molecule has 1 amide bonds. The molecule has 0 fully saturated rings. The van der Waals surface area contributed by atoms with E-state index in [1.54, 1.807) is 26.4 Å². The third kappa shape index (κ3) is 9.61. The molecular formula is C41H40NO9P. The van der Waals surface area contributed by atoms with Crippen molar-refractivity contribution in [1.82, 2.24) is 0 Å². The number of phosphoric acid groups is 1. The zero-order chi connectivity index (χ0) is 36.3. The number of rotatable bonds is 16. The molecule has 10 nitrogen and oxygen atoms in total. The topological polar surface area (TPSA) is 111 Å². The summed E-state index contributed by atoms with van der Waals surface area (Å²) >= 11 is 0. The van der Waals surface area contributed by atoms with E-state index < -0.39 is 7.82 Å². The highest BCUT2D eigenvalue weighted by molar-refractivity contribution is 7.48. The van der Waals surface area contributed by atoms with Crippen molar-refractivity contribution in [1.29, 1.82) is 0 Å². The van der Waals surface area contributed by atoms with E-state index in [0.717, 1.165) is 27.8 Å². The number of benzene rings is 5. The quantitative estimate of drug-likeness (QED) is 0.0787. The molecule has 0 aromatic heterocycles. The highest BCUT2D eigenvalue weighted by atomic mass is 31.2. The molecule has 0 bridgehead atoms. The van der Waals surface area contributed by atoms with Crippen LogP contribution in [0.25, 0.3) is 12.2 Å². The van der Waals surface area contributed by atoms with E-state index in [-0.39, 0.29) is 31.8 Å². The Morgan fingerprint density at radius 3 is 2.02 bits per heavy atom. The van der Waals surface area contributed by atoms with Crippen LogP contribution in [0.1, 0.15) is 34.7 Å². The Hall–Kier alpha value is -5.54. The fraction of sp³-hybridized carbons (Fsp3) is 0.195. The second kappa shape index (κ2) is 17.1. The van der Waals surface area contributed by atoms with Crippen LogP contribution in [0.15, 0.2) is 115 Å². The second-order valence-electron chi connectivity index (χ2n) is 12.0. The molecule has 5 aromatic carbocycles. The molecule has 11 heteroatoms. The first-order valence-electron chi connectivity index (χ1n) is 16.7. The van der Waals surface area contributed by atoms with E-state index in [1.165, 1.54) is 0 Å². The van der Waals surface area contributed by atoms with Crippen molar-refractivity contribution in [3.8, 4) is 28.7 Å². The lowest BCUT2D eigenvalue weighted by Gasteiger charge is -2.19. The summed E-state index contributed by atoms with van der Waals surface area (Å²) in [6.45, 7) is 2.11. The molecule has 5 aromatic rings. The predicted molar refractivity (Wildman–Crippen MR) is 200 cm³/mol. The van der Waals surface area contributed by atoms with Crippen molar-refractivity contribution in [3.63, 3.8) is 0 Å². The van der Waals surface area contributed by atoms with Crippen LogP contribution in [0.3, 0.4) is 0 Å². The smallest absolute Gasteiger partial charge is 0.495 e. The highest BCUT2D eigenvalue weighted by Crippen LogP contribution is 2.51. The first-order valence-corrected chi connectivity index (χ1v) is 18.2. The summed E-state index contributed by atoms with van der Waals surface area (Å²) in [6.07, 6.45) is 4.31. The molecule has 268 valence electrons. The molecule has 1 N–H and O–H groups in total. The van der Waals surface area contributed by atoms with Gasteiger partial charge in [0.05, 0.1) is 33.1 Å². The van der Waals surface area contributed by atoms with E-state index in [9.17, 15) is 9.36 Å². The van der Waals surface area contributed by atoms with Crippen LogP contribution in [0.4, 0.5) is 5.69 Å². The fourth-order valence-electron chi connectivity index (χ4n) is 5.43. The molecule has 6 rings (SSSR count). The van der Waals surface area contributed by atoms with Crippen LogP contribution in [0.2, 0.25) is 0 Å².